The summed E-state index contributed by atoms with van der Waals surface area (Å²) in [4.78, 5) is 13.4. The first-order chi connectivity index (χ1) is 22.9. The van der Waals surface area contributed by atoms with Gasteiger partial charge in [-0.2, -0.15) is 0 Å². The molecule has 0 aliphatic carbocycles. The highest BCUT2D eigenvalue weighted by molar-refractivity contribution is 5.75. The monoisotopic (exact) mass is 663 g/mol. The number of carboxylic acid groups (broad SMARTS) is 1. The van der Waals surface area contributed by atoms with Crippen molar-refractivity contribution in [1.29, 1.82) is 0 Å². The van der Waals surface area contributed by atoms with Crippen LogP contribution in [0, 0.1) is 17.3 Å². The highest BCUT2D eigenvalue weighted by atomic mass is 16.4. The smallest absolute Gasteiger partial charge is 0.309 e. The maximum atomic E-state index is 13.4. The molecule has 0 aliphatic rings. The van der Waals surface area contributed by atoms with Gasteiger partial charge in [-0.3, -0.25) is 4.79 Å². The van der Waals surface area contributed by atoms with Crippen LogP contribution in [0.1, 0.15) is 266 Å². The molecule has 0 aliphatic heterocycles. The minimum atomic E-state index is -0.503. The largest absolute Gasteiger partial charge is 0.481 e. The van der Waals surface area contributed by atoms with E-state index < -0.39 is 11.4 Å². The molecule has 0 amide bonds. The van der Waals surface area contributed by atoms with Gasteiger partial charge in [-0.25, -0.2) is 0 Å². The van der Waals surface area contributed by atoms with E-state index in [1.807, 2.05) is 0 Å². The lowest BCUT2D eigenvalue weighted by molar-refractivity contribution is -0.155. The van der Waals surface area contributed by atoms with Crippen LogP contribution in [0.15, 0.2) is 0 Å². The van der Waals surface area contributed by atoms with Crippen LogP contribution in [0.25, 0.3) is 0 Å². The van der Waals surface area contributed by atoms with Gasteiger partial charge in [0.1, 0.15) is 0 Å². The molecule has 0 radical (unpaired) electrons. The third-order valence-electron chi connectivity index (χ3n) is 11.4. The summed E-state index contributed by atoms with van der Waals surface area (Å²) < 4.78 is 0. The van der Waals surface area contributed by atoms with Crippen molar-refractivity contribution in [2.24, 2.45) is 17.3 Å². The highest BCUT2D eigenvalue weighted by Gasteiger charge is 2.43. The molecule has 1 unspecified atom stereocenters. The molecule has 47 heavy (non-hydrogen) atoms. The molecule has 0 aromatic rings. The lowest BCUT2D eigenvalue weighted by Crippen LogP contribution is -2.39. The second kappa shape index (κ2) is 35.3. The fourth-order valence-electron chi connectivity index (χ4n) is 8.13. The van der Waals surface area contributed by atoms with Crippen molar-refractivity contribution in [2.75, 3.05) is 0 Å². The average molecular weight is 663 g/mol. The maximum Gasteiger partial charge on any atom is 0.309 e. The van der Waals surface area contributed by atoms with Gasteiger partial charge in [0, 0.05) is 0 Å². The summed E-state index contributed by atoms with van der Waals surface area (Å²) in [6.07, 6.45) is 46.5. The Bertz CT molecular complexity index is 601. The molecule has 1 N–H and O–H groups in total. The summed E-state index contributed by atoms with van der Waals surface area (Å²) in [6, 6.07) is 0. The van der Waals surface area contributed by atoms with Gasteiger partial charge >= 0.3 is 5.97 Å². The van der Waals surface area contributed by atoms with Crippen LogP contribution in [0.5, 0.6) is 0 Å². The van der Waals surface area contributed by atoms with Crippen molar-refractivity contribution in [2.45, 2.75) is 266 Å². The topological polar surface area (TPSA) is 37.3 Å². The summed E-state index contributed by atoms with van der Waals surface area (Å²) in [5.74, 6) is 0.604. The Kier molecular flexibility index (Phi) is 34.9. The number of aliphatic carboxylic acids is 1. The third-order valence-corrected chi connectivity index (χ3v) is 11.4. The Hall–Kier alpha value is -0.530. The predicted octanol–water partition coefficient (Wildman–Crippen LogP) is 16.4. The van der Waals surface area contributed by atoms with Gasteiger partial charge in [0.25, 0.3) is 0 Å². The van der Waals surface area contributed by atoms with Crippen LogP contribution < -0.4 is 0 Å². The van der Waals surface area contributed by atoms with Gasteiger partial charge in [-0.05, 0) is 37.5 Å². The van der Waals surface area contributed by atoms with Crippen molar-refractivity contribution >= 4 is 5.97 Å². The van der Waals surface area contributed by atoms with Gasteiger partial charge in [0.15, 0.2) is 0 Å². The summed E-state index contributed by atoms with van der Waals surface area (Å²) in [7, 11) is 0. The molecule has 0 heterocycles. The van der Waals surface area contributed by atoms with Crippen LogP contribution in [-0.2, 0) is 4.79 Å². The third kappa shape index (κ3) is 27.9. The molecule has 0 spiro atoms. The molecule has 0 fully saturated rings. The first kappa shape index (κ1) is 46.5. The molecule has 2 nitrogen and oxygen atoms in total. The molecule has 2 heteroatoms. The average Bonchev–Trinajstić information content (AvgIpc) is 3.05. The van der Waals surface area contributed by atoms with E-state index in [-0.39, 0.29) is 0 Å². The zero-order valence-electron chi connectivity index (χ0n) is 33.5. The van der Waals surface area contributed by atoms with E-state index in [1.165, 1.54) is 193 Å². The molecule has 0 aromatic carbocycles. The van der Waals surface area contributed by atoms with Crippen molar-refractivity contribution in [1.82, 2.24) is 0 Å². The highest BCUT2D eigenvalue weighted by Crippen LogP contribution is 2.45. The van der Waals surface area contributed by atoms with Crippen molar-refractivity contribution in [3.63, 3.8) is 0 Å². The Morgan fingerprint density at radius 2 is 0.681 bits per heavy atom. The summed E-state index contributed by atoms with van der Waals surface area (Å²) in [6.45, 7) is 11.5. The first-order valence-corrected chi connectivity index (χ1v) is 22.2. The second-order valence-corrected chi connectivity index (χ2v) is 16.3. The molecule has 282 valence electrons. The second-order valence-electron chi connectivity index (χ2n) is 16.3. The first-order valence-electron chi connectivity index (χ1n) is 22.2. The Morgan fingerprint density at radius 1 is 0.404 bits per heavy atom. The zero-order valence-corrected chi connectivity index (χ0v) is 33.5. The number of unbranched alkanes of at least 4 members (excludes halogenated alkanes) is 27. The Balaban J connectivity index is 5.16. The Labute approximate surface area is 298 Å². The molecule has 0 saturated carbocycles. The quantitative estimate of drug-likeness (QED) is 0.0665. The van der Waals surface area contributed by atoms with Crippen molar-refractivity contribution < 1.29 is 9.90 Å². The van der Waals surface area contributed by atoms with E-state index in [9.17, 15) is 9.90 Å². The van der Waals surface area contributed by atoms with Crippen molar-refractivity contribution in [3.05, 3.63) is 0 Å². The lowest BCUT2D eigenvalue weighted by atomic mass is 9.65. The van der Waals surface area contributed by atoms with Gasteiger partial charge in [0.2, 0.25) is 0 Å². The zero-order chi connectivity index (χ0) is 34.7. The molecule has 1 atom stereocenters. The lowest BCUT2D eigenvalue weighted by Gasteiger charge is -2.38. The molecule has 0 rings (SSSR count). The number of rotatable bonds is 39. The summed E-state index contributed by atoms with van der Waals surface area (Å²) in [5.41, 5.74) is -0.503. The fourth-order valence-corrected chi connectivity index (χ4v) is 8.13. The predicted molar refractivity (Wildman–Crippen MR) is 212 cm³/mol. The normalized spacial score (nSPS) is 12.7. The van der Waals surface area contributed by atoms with E-state index in [0.29, 0.717) is 11.8 Å². The summed E-state index contributed by atoms with van der Waals surface area (Å²) >= 11 is 0. The molecular formula is C45H90O2. The fraction of sp³-hybridized carbons (Fsp3) is 0.978. The van der Waals surface area contributed by atoms with Crippen LogP contribution in [0.4, 0.5) is 0 Å². The molecular weight excluding hydrogens is 572 g/mol. The van der Waals surface area contributed by atoms with Crippen LogP contribution in [0.3, 0.4) is 0 Å². The van der Waals surface area contributed by atoms with E-state index in [2.05, 4.69) is 34.6 Å². The number of hydrogen-bond acceptors (Lipinski definition) is 1. The molecule has 0 aromatic heterocycles. The number of hydrogen-bond donors (Lipinski definition) is 1. The minimum absolute atomic E-state index is 0.352. The number of carboxylic acids is 1. The number of carbonyl (C=O) groups is 1. The van der Waals surface area contributed by atoms with E-state index in [1.54, 1.807) is 0 Å². The SMILES string of the molecule is CCCCCCCCCCCCC(CCCC(C)C)C(CCCCCCCCCCCC)(CCCCCCCCCCCC)C(=O)O. The molecule has 0 saturated heterocycles. The van der Waals surface area contributed by atoms with Gasteiger partial charge < -0.3 is 5.11 Å². The van der Waals surface area contributed by atoms with Gasteiger partial charge in [-0.1, -0.05) is 240 Å². The van der Waals surface area contributed by atoms with E-state index >= 15 is 0 Å². The van der Waals surface area contributed by atoms with Gasteiger partial charge in [0.05, 0.1) is 5.41 Å². The maximum absolute atomic E-state index is 13.4. The Morgan fingerprint density at radius 3 is 0.979 bits per heavy atom. The van der Waals surface area contributed by atoms with Crippen LogP contribution in [-0.4, -0.2) is 11.1 Å². The van der Waals surface area contributed by atoms with E-state index in [0.717, 1.165) is 38.5 Å². The van der Waals surface area contributed by atoms with Crippen molar-refractivity contribution in [3.8, 4) is 0 Å². The van der Waals surface area contributed by atoms with Crippen LogP contribution >= 0.6 is 0 Å². The van der Waals surface area contributed by atoms with Crippen LogP contribution in [0.2, 0.25) is 0 Å². The van der Waals surface area contributed by atoms with Gasteiger partial charge in [-0.15, -0.1) is 0 Å². The minimum Gasteiger partial charge on any atom is -0.481 e. The molecule has 0 bridgehead atoms. The summed E-state index contributed by atoms with van der Waals surface area (Å²) in [5, 5.41) is 11.1. The standard InChI is InChI=1S/C45H90O2/c1-6-9-12-15-18-21-24-27-30-33-38-43(39-36-37-42(4)5)45(44(46)47,40-34-31-28-25-22-19-16-13-10-7-2)41-35-32-29-26-23-20-17-14-11-8-3/h42-43H,6-41H2,1-5H3,(H,46,47). The van der Waals surface area contributed by atoms with E-state index in [4.69, 9.17) is 0 Å².